The summed E-state index contributed by atoms with van der Waals surface area (Å²) in [7, 11) is 1.82. The Balaban J connectivity index is 1.85. The molecule has 1 atom stereocenters. The van der Waals surface area contributed by atoms with Gasteiger partial charge in [0.05, 0.1) is 23.4 Å². The van der Waals surface area contributed by atoms with Crippen LogP contribution in [0.25, 0.3) is 11.0 Å². The van der Waals surface area contributed by atoms with Gasteiger partial charge >= 0.3 is 5.97 Å². The van der Waals surface area contributed by atoms with Crippen LogP contribution in [0.4, 0.5) is 5.69 Å². The van der Waals surface area contributed by atoms with Crippen LogP contribution in [0.5, 0.6) is 0 Å². The van der Waals surface area contributed by atoms with E-state index in [-0.39, 0.29) is 24.6 Å². The van der Waals surface area contributed by atoms with Crippen molar-refractivity contribution in [2.45, 2.75) is 52.2 Å². The van der Waals surface area contributed by atoms with Crippen LogP contribution >= 0.6 is 0 Å². The van der Waals surface area contributed by atoms with Crippen molar-refractivity contribution in [3.05, 3.63) is 78.1 Å². The highest BCUT2D eigenvalue weighted by Crippen LogP contribution is 2.30. The minimum atomic E-state index is -1.03. The van der Waals surface area contributed by atoms with Crippen molar-refractivity contribution in [1.82, 2.24) is 24.9 Å². The number of anilines is 1. The molecule has 2 aromatic heterocycles. The van der Waals surface area contributed by atoms with Gasteiger partial charge in [-0.1, -0.05) is 30.3 Å². The SMILES string of the molecule is CCOC(=O)c1cccc(N(C(=O)Cn2nnc3ccccc32)[C@H](C(=O)NC(C)(C)CC)c2cccn2C)c1. The smallest absolute Gasteiger partial charge is 0.338 e. The third-order valence-electron chi connectivity index (χ3n) is 6.73. The first-order chi connectivity index (χ1) is 18.6. The Hall–Kier alpha value is -4.47. The second kappa shape index (κ2) is 11.5. The Morgan fingerprint density at radius 3 is 2.51 bits per heavy atom. The van der Waals surface area contributed by atoms with E-state index in [4.69, 9.17) is 4.74 Å². The number of hydrogen-bond acceptors (Lipinski definition) is 6. The molecular weight excluding hydrogens is 496 g/mol. The average Bonchev–Trinajstić information content (AvgIpc) is 3.52. The van der Waals surface area contributed by atoms with Crippen LogP contribution in [-0.4, -0.2) is 49.5 Å². The molecule has 0 saturated heterocycles. The van der Waals surface area contributed by atoms with Gasteiger partial charge in [-0.2, -0.15) is 0 Å². The standard InChI is InChI=1S/C29H34N6O4/c1-6-29(3,4)30-27(37)26(24-16-11-17-33(24)5)35(21-13-10-12-20(18-21)28(38)39-7-2)25(36)19-34-23-15-9-8-14-22(23)31-32-34/h8-18,26H,6-7,19H2,1-5H3,(H,30,37)/t26-/m0/s1. The van der Waals surface area contributed by atoms with Gasteiger partial charge < -0.3 is 14.6 Å². The summed E-state index contributed by atoms with van der Waals surface area (Å²) in [4.78, 5) is 42.2. The topological polar surface area (TPSA) is 111 Å². The summed E-state index contributed by atoms with van der Waals surface area (Å²) in [6.07, 6.45) is 2.51. The Morgan fingerprint density at radius 1 is 1.05 bits per heavy atom. The van der Waals surface area contributed by atoms with Gasteiger partial charge in [0.15, 0.2) is 6.04 Å². The molecule has 0 aliphatic heterocycles. The fraction of sp³-hybridized carbons (Fsp3) is 0.345. The van der Waals surface area contributed by atoms with Crippen LogP contribution in [-0.2, 0) is 27.9 Å². The van der Waals surface area contributed by atoms with Crippen LogP contribution in [0.2, 0.25) is 0 Å². The first kappa shape index (κ1) is 27.6. The number of carbonyl (C=O) groups is 3. The van der Waals surface area contributed by atoms with Crippen molar-refractivity contribution >= 4 is 34.5 Å². The van der Waals surface area contributed by atoms with Gasteiger partial charge in [-0.15, -0.1) is 5.10 Å². The summed E-state index contributed by atoms with van der Waals surface area (Å²) >= 11 is 0. The van der Waals surface area contributed by atoms with Gasteiger partial charge in [0.25, 0.3) is 0 Å². The lowest BCUT2D eigenvalue weighted by Gasteiger charge is -2.34. The van der Waals surface area contributed by atoms with E-state index in [9.17, 15) is 14.4 Å². The number of fused-ring (bicyclic) bond motifs is 1. The van der Waals surface area contributed by atoms with Crippen molar-refractivity contribution in [2.75, 3.05) is 11.5 Å². The molecule has 0 spiro atoms. The van der Waals surface area contributed by atoms with Crippen LogP contribution in [0, 0.1) is 0 Å². The number of benzene rings is 2. The summed E-state index contributed by atoms with van der Waals surface area (Å²) in [6, 6.07) is 16.5. The zero-order chi connectivity index (χ0) is 28.2. The van der Waals surface area contributed by atoms with Gasteiger partial charge in [0.2, 0.25) is 11.8 Å². The van der Waals surface area contributed by atoms with Gasteiger partial charge in [-0.05, 0) is 69.7 Å². The first-order valence-electron chi connectivity index (χ1n) is 13.0. The number of hydrogen-bond donors (Lipinski definition) is 1. The second-order valence-electron chi connectivity index (χ2n) is 9.94. The Labute approximate surface area is 227 Å². The number of para-hydroxylation sites is 1. The lowest BCUT2D eigenvalue weighted by atomic mass is 10.00. The first-order valence-corrected chi connectivity index (χ1v) is 13.0. The molecule has 2 heterocycles. The second-order valence-corrected chi connectivity index (χ2v) is 9.94. The zero-order valence-corrected chi connectivity index (χ0v) is 22.9. The fourth-order valence-corrected chi connectivity index (χ4v) is 4.31. The van der Waals surface area contributed by atoms with Crippen LogP contribution < -0.4 is 10.2 Å². The molecule has 0 radical (unpaired) electrons. The molecule has 2 amide bonds. The molecule has 4 rings (SSSR count). The maximum Gasteiger partial charge on any atom is 0.338 e. The number of nitrogens with zero attached hydrogens (tertiary/aromatic N) is 5. The number of ether oxygens (including phenoxy) is 1. The summed E-state index contributed by atoms with van der Waals surface area (Å²) in [5.41, 5.74) is 2.10. The Morgan fingerprint density at radius 2 is 1.82 bits per heavy atom. The number of rotatable bonds is 10. The molecule has 1 N–H and O–H groups in total. The molecule has 0 aliphatic carbocycles. The van der Waals surface area contributed by atoms with Crippen molar-refractivity contribution in [3.63, 3.8) is 0 Å². The Kier molecular flexibility index (Phi) is 8.13. The Bertz CT molecular complexity index is 1490. The number of aromatic nitrogens is 4. The van der Waals surface area contributed by atoms with Crippen LogP contribution in [0.15, 0.2) is 66.9 Å². The summed E-state index contributed by atoms with van der Waals surface area (Å²) in [5.74, 6) is -1.26. The van der Waals surface area contributed by atoms with E-state index in [0.717, 1.165) is 0 Å². The maximum absolute atomic E-state index is 14.2. The highest BCUT2D eigenvalue weighted by atomic mass is 16.5. The van der Waals surface area contributed by atoms with Crippen molar-refractivity contribution in [3.8, 4) is 0 Å². The van der Waals surface area contributed by atoms with Crippen LogP contribution in [0.1, 0.15) is 56.2 Å². The van der Waals surface area contributed by atoms with E-state index < -0.39 is 23.5 Å². The van der Waals surface area contributed by atoms with E-state index in [1.807, 2.05) is 75.0 Å². The molecule has 10 heteroatoms. The molecular formula is C29H34N6O4. The predicted molar refractivity (Wildman–Crippen MR) is 148 cm³/mol. The molecule has 204 valence electrons. The third kappa shape index (κ3) is 6.00. The van der Waals surface area contributed by atoms with Gasteiger partial charge in [-0.3, -0.25) is 14.5 Å². The minimum Gasteiger partial charge on any atom is -0.462 e. The fourth-order valence-electron chi connectivity index (χ4n) is 4.31. The molecule has 2 aromatic carbocycles. The highest BCUT2D eigenvalue weighted by Gasteiger charge is 2.37. The molecule has 4 aromatic rings. The van der Waals surface area contributed by atoms with E-state index in [0.29, 0.717) is 28.8 Å². The van der Waals surface area contributed by atoms with Crippen molar-refractivity contribution < 1.29 is 19.1 Å². The van der Waals surface area contributed by atoms with Crippen molar-refractivity contribution in [1.29, 1.82) is 0 Å². The van der Waals surface area contributed by atoms with E-state index >= 15 is 0 Å². The number of esters is 1. The molecule has 0 aliphatic rings. The number of nitrogens with one attached hydrogen (secondary N) is 1. The predicted octanol–water partition coefficient (Wildman–Crippen LogP) is 4.03. The summed E-state index contributed by atoms with van der Waals surface area (Å²) in [5, 5.41) is 11.4. The highest BCUT2D eigenvalue weighted by molar-refractivity contribution is 6.02. The maximum atomic E-state index is 14.2. The molecule has 10 nitrogen and oxygen atoms in total. The van der Waals surface area contributed by atoms with Gasteiger partial charge in [-0.25, -0.2) is 9.48 Å². The van der Waals surface area contributed by atoms with E-state index in [1.54, 1.807) is 31.2 Å². The minimum absolute atomic E-state index is 0.171. The lowest BCUT2D eigenvalue weighted by Crippen LogP contribution is -2.51. The normalized spacial score (nSPS) is 12.2. The van der Waals surface area contributed by atoms with Crippen LogP contribution in [0.3, 0.4) is 0 Å². The summed E-state index contributed by atoms with van der Waals surface area (Å²) < 4.78 is 8.51. The van der Waals surface area contributed by atoms with E-state index in [2.05, 4.69) is 15.6 Å². The van der Waals surface area contributed by atoms with Gasteiger partial charge in [0, 0.05) is 24.5 Å². The van der Waals surface area contributed by atoms with Crippen molar-refractivity contribution in [2.24, 2.45) is 7.05 Å². The molecule has 39 heavy (non-hydrogen) atoms. The largest absolute Gasteiger partial charge is 0.462 e. The average molecular weight is 531 g/mol. The van der Waals surface area contributed by atoms with E-state index in [1.165, 1.54) is 9.58 Å². The molecule has 0 saturated carbocycles. The third-order valence-corrected chi connectivity index (χ3v) is 6.73. The molecule has 0 bridgehead atoms. The summed E-state index contributed by atoms with van der Waals surface area (Å²) in [6.45, 7) is 7.62. The number of amides is 2. The zero-order valence-electron chi connectivity index (χ0n) is 22.9. The number of carbonyl (C=O) groups excluding carboxylic acids is 3. The molecule has 0 fully saturated rings. The van der Waals surface area contributed by atoms with Gasteiger partial charge in [0.1, 0.15) is 12.1 Å². The lowest BCUT2D eigenvalue weighted by molar-refractivity contribution is -0.128. The molecule has 0 unspecified atom stereocenters. The quantitative estimate of drug-likeness (QED) is 0.310. The number of aryl methyl sites for hydroxylation is 1. The monoisotopic (exact) mass is 530 g/mol.